The second-order valence-electron chi connectivity index (χ2n) is 2.34. The van der Waals surface area contributed by atoms with Crippen LogP contribution in [0, 0.1) is 0 Å². The first-order valence-electron chi connectivity index (χ1n) is 3.16. The monoisotopic (exact) mass is 176 g/mol. The molecule has 0 aliphatic rings. The van der Waals surface area contributed by atoms with Gasteiger partial charge in [-0.15, -0.1) is 0 Å². The Morgan fingerprint density at radius 1 is 1.64 bits per heavy atom. The van der Waals surface area contributed by atoms with Crippen LogP contribution in [0.4, 0.5) is 0 Å². The van der Waals surface area contributed by atoms with Crippen LogP contribution in [0.25, 0.3) is 0 Å². The number of hydrogen-bond donors (Lipinski definition) is 2. The molecule has 0 saturated heterocycles. The van der Waals surface area contributed by atoms with Crippen molar-refractivity contribution >= 4 is 24.4 Å². The highest BCUT2D eigenvalue weighted by molar-refractivity contribution is 7.81. The van der Waals surface area contributed by atoms with Crippen molar-refractivity contribution in [3.63, 3.8) is 0 Å². The van der Waals surface area contributed by atoms with Crippen molar-refractivity contribution in [2.45, 2.75) is 12.2 Å². The Hall–Kier alpha value is -0.710. The summed E-state index contributed by atoms with van der Waals surface area (Å²) in [6, 6.07) is 0. The van der Waals surface area contributed by atoms with Gasteiger partial charge in [-0.2, -0.15) is 12.6 Å². The van der Waals surface area contributed by atoms with E-state index in [1.807, 2.05) is 0 Å². The molecule has 0 heterocycles. The standard InChI is InChI=1S/C6H12N2O2S/c1-4(11)6(10)8(2)3-5(7)9/h4,11H,3H2,1-2H3,(H2,7,9). The topological polar surface area (TPSA) is 63.4 Å². The molecule has 2 N–H and O–H groups in total. The third kappa shape index (κ3) is 3.87. The summed E-state index contributed by atoms with van der Waals surface area (Å²) in [5, 5.41) is -0.389. The Labute approximate surface area is 71.1 Å². The zero-order valence-electron chi connectivity index (χ0n) is 6.57. The van der Waals surface area contributed by atoms with E-state index in [-0.39, 0.29) is 17.7 Å². The highest BCUT2D eigenvalue weighted by atomic mass is 32.1. The van der Waals surface area contributed by atoms with Gasteiger partial charge in [0.1, 0.15) is 0 Å². The lowest BCUT2D eigenvalue weighted by molar-refractivity contribution is -0.133. The fourth-order valence-corrected chi connectivity index (χ4v) is 0.828. The van der Waals surface area contributed by atoms with Crippen LogP contribution >= 0.6 is 12.6 Å². The molecule has 0 spiro atoms. The quantitative estimate of drug-likeness (QED) is 0.556. The minimum atomic E-state index is -0.519. The van der Waals surface area contributed by atoms with E-state index in [1.165, 1.54) is 11.9 Å². The Morgan fingerprint density at radius 2 is 2.09 bits per heavy atom. The number of carbonyl (C=O) groups is 2. The van der Waals surface area contributed by atoms with Crippen molar-refractivity contribution < 1.29 is 9.59 Å². The number of carbonyl (C=O) groups excluding carboxylic acids is 2. The molecule has 64 valence electrons. The van der Waals surface area contributed by atoms with Crippen LogP contribution < -0.4 is 5.73 Å². The zero-order chi connectivity index (χ0) is 9.02. The largest absolute Gasteiger partial charge is 0.368 e. The van der Waals surface area contributed by atoms with Gasteiger partial charge >= 0.3 is 0 Å². The number of thiol groups is 1. The van der Waals surface area contributed by atoms with E-state index >= 15 is 0 Å². The molecule has 0 aromatic carbocycles. The van der Waals surface area contributed by atoms with Gasteiger partial charge in [-0.05, 0) is 6.92 Å². The first kappa shape index (κ1) is 10.3. The van der Waals surface area contributed by atoms with E-state index in [2.05, 4.69) is 12.6 Å². The van der Waals surface area contributed by atoms with Crippen molar-refractivity contribution in [2.75, 3.05) is 13.6 Å². The maximum absolute atomic E-state index is 11.0. The highest BCUT2D eigenvalue weighted by Crippen LogP contribution is 1.97. The van der Waals surface area contributed by atoms with Crippen LogP contribution in [0.2, 0.25) is 0 Å². The van der Waals surface area contributed by atoms with Crippen molar-refractivity contribution in [2.24, 2.45) is 5.73 Å². The fourth-order valence-electron chi connectivity index (χ4n) is 0.631. The van der Waals surface area contributed by atoms with Gasteiger partial charge < -0.3 is 10.6 Å². The normalized spacial score (nSPS) is 12.3. The summed E-state index contributed by atoms with van der Waals surface area (Å²) >= 11 is 3.91. The molecular formula is C6H12N2O2S. The molecule has 11 heavy (non-hydrogen) atoms. The number of likely N-dealkylation sites (N-methyl/N-ethyl adjacent to an activating group) is 1. The summed E-state index contributed by atoms with van der Waals surface area (Å²) in [4.78, 5) is 22.6. The summed E-state index contributed by atoms with van der Waals surface area (Å²) < 4.78 is 0. The van der Waals surface area contributed by atoms with Crippen LogP contribution in [-0.2, 0) is 9.59 Å². The predicted octanol–water partition coefficient (Wildman–Crippen LogP) is -0.752. The predicted molar refractivity (Wildman–Crippen MR) is 45.3 cm³/mol. The minimum absolute atomic E-state index is 0.0519. The Bertz CT molecular complexity index is 170. The van der Waals surface area contributed by atoms with E-state index in [4.69, 9.17) is 5.73 Å². The maximum atomic E-state index is 11.0. The Balaban J connectivity index is 3.93. The number of primary amides is 1. The lowest BCUT2D eigenvalue weighted by atomic mass is 10.4. The van der Waals surface area contributed by atoms with E-state index in [1.54, 1.807) is 6.92 Å². The van der Waals surface area contributed by atoms with Crippen molar-refractivity contribution in [3.8, 4) is 0 Å². The highest BCUT2D eigenvalue weighted by Gasteiger charge is 2.14. The third-order valence-corrected chi connectivity index (χ3v) is 1.35. The van der Waals surface area contributed by atoms with E-state index in [0.29, 0.717) is 0 Å². The molecule has 0 aliphatic heterocycles. The van der Waals surface area contributed by atoms with Crippen LogP contribution in [0.5, 0.6) is 0 Å². The Kier molecular flexibility index (Phi) is 3.95. The average molecular weight is 176 g/mol. The van der Waals surface area contributed by atoms with E-state index < -0.39 is 5.91 Å². The Morgan fingerprint density at radius 3 is 2.36 bits per heavy atom. The van der Waals surface area contributed by atoms with Crippen molar-refractivity contribution in [1.29, 1.82) is 0 Å². The van der Waals surface area contributed by atoms with Gasteiger partial charge in [0, 0.05) is 7.05 Å². The van der Waals surface area contributed by atoms with Gasteiger partial charge in [-0.25, -0.2) is 0 Å². The number of nitrogens with zero attached hydrogens (tertiary/aromatic N) is 1. The number of hydrogen-bond acceptors (Lipinski definition) is 3. The molecule has 1 unspecified atom stereocenters. The van der Waals surface area contributed by atoms with Gasteiger partial charge in [0.2, 0.25) is 11.8 Å². The molecule has 0 rings (SSSR count). The van der Waals surface area contributed by atoms with E-state index in [0.717, 1.165) is 0 Å². The maximum Gasteiger partial charge on any atom is 0.237 e. The van der Waals surface area contributed by atoms with Gasteiger partial charge in [-0.1, -0.05) is 0 Å². The van der Waals surface area contributed by atoms with Crippen molar-refractivity contribution in [1.82, 2.24) is 4.90 Å². The molecule has 0 aromatic rings. The molecule has 4 nitrogen and oxygen atoms in total. The van der Waals surface area contributed by atoms with Crippen LogP contribution in [-0.4, -0.2) is 35.6 Å². The number of nitrogens with two attached hydrogens (primary N) is 1. The number of amides is 2. The average Bonchev–Trinajstić information content (AvgIpc) is 1.84. The first-order valence-corrected chi connectivity index (χ1v) is 3.68. The number of rotatable bonds is 3. The van der Waals surface area contributed by atoms with Gasteiger partial charge in [0.15, 0.2) is 0 Å². The SMILES string of the molecule is CC(S)C(=O)N(C)CC(N)=O. The molecular weight excluding hydrogens is 164 g/mol. The zero-order valence-corrected chi connectivity index (χ0v) is 7.47. The van der Waals surface area contributed by atoms with Gasteiger partial charge in [-0.3, -0.25) is 9.59 Å². The summed E-state index contributed by atoms with van der Waals surface area (Å²) in [6.07, 6.45) is 0. The molecule has 0 fully saturated rings. The van der Waals surface area contributed by atoms with Crippen LogP contribution in [0.1, 0.15) is 6.92 Å². The molecule has 0 bridgehead atoms. The second kappa shape index (κ2) is 4.23. The van der Waals surface area contributed by atoms with Gasteiger partial charge in [0.05, 0.1) is 11.8 Å². The van der Waals surface area contributed by atoms with Crippen LogP contribution in [0.15, 0.2) is 0 Å². The molecule has 0 radical (unpaired) electrons. The van der Waals surface area contributed by atoms with Crippen LogP contribution in [0.3, 0.4) is 0 Å². The molecule has 5 heteroatoms. The summed E-state index contributed by atoms with van der Waals surface area (Å²) in [5.74, 6) is -0.720. The molecule has 1 atom stereocenters. The minimum Gasteiger partial charge on any atom is -0.368 e. The summed E-state index contributed by atoms with van der Waals surface area (Å²) in [5.41, 5.74) is 4.87. The smallest absolute Gasteiger partial charge is 0.237 e. The molecule has 2 amide bonds. The van der Waals surface area contributed by atoms with E-state index in [9.17, 15) is 9.59 Å². The lowest BCUT2D eigenvalue weighted by Gasteiger charge is -2.16. The summed E-state index contributed by atoms with van der Waals surface area (Å²) in [6.45, 7) is 1.59. The molecule has 0 aliphatic carbocycles. The molecule has 0 aromatic heterocycles. The summed E-state index contributed by atoms with van der Waals surface area (Å²) in [7, 11) is 1.51. The van der Waals surface area contributed by atoms with Crippen molar-refractivity contribution in [3.05, 3.63) is 0 Å². The second-order valence-corrected chi connectivity index (χ2v) is 3.11. The van der Waals surface area contributed by atoms with Gasteiger partial charge in [0.25, 0.3) is 0 Å². The lowest BCUT2D eigenvalue weighted by Crippen LogP contribution is -2.38. The third-order valence-electron chi connectivity index (χ3n) is 1.13. The molecule has 0 saturated carbocycles. The fraction of sp³-hybridized carbons (Fsp3) is 0.667. The first-order chi connectivity index (χ1) is 4.95.